The molecule has 28 heavy (non-hydrogen) atoms. The molecule has 0 unspecified atom stereocenters. The highest BCUT2D eigenvalue weighted by atomic mass is 19.1. The predicted octanol–water partition coefficient (Wildman–Crippen LogP) is 2.90. The molecule has 0 amide bonds. The summed E-state index contributed by atoms with van der Waals surface area (Å²) in [4.78, 5) is 9.01. The molecule has 3 aromatic rings. The summed E-state index contributed by atoms with van der Waals surface area (Å²) in [5, 5.41) is 18.3. The van der Waals surface area contributed by atoms with Gasteiger partial charge in [-0.1, -0.05) is 0 Å². The molecule has 0 saturated heterocycles. The van der Waals surface area contributed by atoms with E-state index in [1.165, 1.54) is 12.1 Å². The van der Waals surface area contributed by atoms with E-state index in [2.05, 4.69) is 25.7 Å². The van der Waals surface area contributed by atoms with Gasteiger partial charge in [0.05, 0.1) is 17.1 Å². The maximum Gasteiger partial charge on any atom is 0.228 e. The molecule has 3 N–H and O–H groups in total. The molecule has 7 nitrogen and oxygen atoms in total. The van der Waals surface area contributed by atoms with Crippen LogP contribution in [0.25, 0.3) is 22.5 Å². The Morgan fingerprint density at radius 3 is 2.79 bits per heavy atom. The van der Waals surface area contributed by atoms with Gasteiger partial charge in [-0.2, -0.15) is 5.10 Å². The lowest BCUT2D eigenvalue weighted by molar-refractivity contribution is 0.628. The van der Waals surface area contributed by atoms with Crippen molar-refractivity contribution in [2.24, 2.45) is 7.05 Å². The Morgan fingerprint density at radius 1 is 1.25 bits per heavy atom. The molecule has 1 aliphatic carbocycles. The lowest BCUT2D eigenvalue weighted by atomic mass is 9.91. The van der Waals surface area contributed by atoms with E-state index in [4.69, 9.17) is 5.41 Å². The Hall–Kier alpha value is -3.55. The fraction of sp³-hybridized carbons (Fsp3) is 0.200. The minimum absolute atomic E-state index is 0.176. The Balaban J connectivity index is 1.79. The number of rotatable bonds is 4. The number of hydrogen-bond donors (Lipinski definition) is 3. The highest BCUT2D eigenvalue weighted by Gasteiger charge is 2.27. The van der Waals surface area contributed by atoms with Crippen molar-refractivity contribution >= 4 is 11.8 Å². The Bertz CT molecular complexity index is 1070. The third kappa shape index (κ3) is 3.24. The first kappa shape index (κ1) is 17.8. The van der Waals surface area contributed by atoms with Crippen LogP contribution in [0.3, 0.4) is 0 Å². The topological polar surface area (TPSA) is 91.5 Å². The van der Waals surface area contributed by atoms with Crippen LogP contribution in [0.2, 0.25) is 0 Å². The number of nitrogens with zero attached hydrogens (tertiary/aromatic N) is 4. The van der Waals surface area contributed by atoms with Crippen molar-refractivity contribution in [3.05, 3.63) is 59.8 Å². The lowest BCUT2D eigenvalue weighted by Gasteiger charge is -2.17. The number of nitrogens with one attached hydrogen (secondary N) is 3. The quantitative estimate of drug-likeness (QED) is 0.480. The highest BCUT2D eigenvalue weighted by molar-refractivity contribution is 6.00. The molecule has 1 aromatic carbocycles. The minimum atomic E-state index is -0.276. The first-order valence-corrected chi connectivity index (χ1v) is 8.94. The van der Waals surface area contributed by atoms with Crippen LogP contribution in [0.15, 0.2) is 42.7 Å². The maximum absolute atomic E-state index is 13.4. The molecule has 0 spiro atoms. The summed E-state index contributed by atoms with van der Waals surface area (Å²) in [5.74, 6) is 0.253. The van der Waals surface area contributed by atoms with E-state index < -0.39 is 0 Å². The van der Waals surface area contributed by atoms with E-state index in [-0.39, 0.29) is 11.7 Å². The van der Waals surface area contributed by atoms with Crippen molar-refractivity contribution in [1.29, 1.82) is 5.41 Å². The Kier molecular flexibility index (Phi) is 4.60. The zero-order chi connectivity index (χ0) is 19.7. The van der Waals surface area contributed by atoms with Gasteiger partial charge in [0.1, 0.15) is 11.7 Å². The SMILES string of the molecule is CN/C=C\C(=N)Nc1ncc2c(n1)-c1c(nn(C)c1-c1ccc(F)cc1)CC2. The van der Waals surface area contributed by atoms with E-state index in [0.717, 1.165) is 46.6 Å². The molecular weight excluding hydrogens is 357 g/mol. The third-order valence-electron chi connectivity index (χ3n) is 4.63. The number of halogens is 1. The van der Waals surface area contributed by atoms with Crippen LogP contribution in [0.1, 0.15) is 11.3 Å². The van der Waals surface area contributed by atoms with E-state index >= 15 is 0 Å². The summed E-state index contributed by atoms with van der Waals surface area (Å²) in [6, 6.07) is 6.39. The number of benzene rings is 1. The number of anilines is 1. The van der Waals surface area contributed by atoms with Gasteiger partial charge in [0.25, 0.3) is 0 Å². The van der Waals surface area contributed by atoms with Crippen LogP contribution in [0.4, 0.5) is 10.3 Å². The second-order valence-electron chi connectivity index (χ2n) is 6.53. The fourth-order valence-electron chi connectivity index (χ4n) is 3.39. The second-order valence-corrected chi connectivity index (χ2v) is 6.53. The standard InChI is InChI=1S/C20H20FN7/c1-23-10-9-16(22)25-20-24-11-13-5-8-15-17(18(13)26-20)19(28(2)27-15)12-3-6-14(21)7-4-12/h3-4,6-7,9-11,23H,5,8H2,1-2H3,(H2,22,24,25,26)/b10-9-. The lowest BCUT2D eigenvalue weighted by Crippen LogP contribution is -2.14. The maximum atomic E-state index is 13.4. The van der Waals surface area contributed by atoms with Crippen LogP contribution in [-0.4, -0.2) is 32.6 Å². The molecule has 2 aromatic heterocycles. The zero-order valence-electron chi connectivity index (χ0n) is 15.6. The first-order valence-electron chi connectivity index (χ1n) is 8.94. The average molecular weight is 377 g/mol. The smallest absolute Gasteiger partial charge is 0.228 e. The summed E-state index contributed by atoms with van der Waals surface area (Å²) < 4.78 is 15.2. The van der Waals surface area contributed by atoms with Gasteiger partial charge in [-0.3, -0.25) is 10.1 Å². The van der Waals surface area contributed by atoms with Gasteiger partial charge >= 0.3 is 0 Å². The van der Waals surface area contributed by atoms with Gasteiger partial charge in [-0.25, -0.2) is 14.4 Å². The monoisotopic (exact) mass is 377 g/mol. The van der Waals surface area contributed by atoms with E-state index in [1.54, 1.807) is 37.7 Å². The number of amidine groups is 1. The van der Waals surface area contributed by atoms with Crippen molar-refractivity contribution in [2.75, 3.05) is 12.4 Å². The van der Waals surface area contributed by atoms with E-state index in [0.29, 0.717) is 5.95 Å². The molecule has 0 aliphatic heterocycles. The zero-order valence-corrected chi connectivity index (χ0v) is 15.6. The van der Waals surface area contributed by atoms with Crippen LogP contribution in [0.5, 0.6) is 0 Å². The molecule has 4 rings (SSSR count). The fourth-order valence-corrected chi connectivity index (χ4v) is 3.39. The summed E-state index contributed by atoms with van der Waals surface area (Å²) >= 11 is 0. The van der Waals surface area contributed by atoms with Gasteiger partial charge in [-0.15, -0.1) is 0 Å². The third-order valence-corrected chi connectivity index (χ3v) is 4.63. The van der Waals surface area contributed by atoms with Crippen molar-refractivity contribution in [3.63, 3.8) is 0 Å². The van der Waals surface area contributed by atoms with Crippen molar-refractivity contribution in [3.8, 4) is 22.5 Å². The number of aromatic nitrogens is 4. The van der Waals surface area contributed by atoms with Crippen LogP contribution in [0, 0.1) is 11.2 Å². The second kappa shape index (κ2) is 7.22. The van der Waals surface area contributed by atoms with Crippen LogP contribution in [-0.2, 0) is 19.9 Å². The summed E-state index contributed by atoms with van der Waals surface area (Å²) in [6.07, 6.45) is 6.64. The summed E-state index contributed by atoms with van der Waals surface area (Å²) in [5.41, 5.74) is 5.51. The van der Waals surface area contributed by atoms with E-state index in [1.807, 2.05) is 11.7 Å². The molecule has 0 saturated carbocycles. The Morgan fingerprint density at radius 2 is 2.04 bits per heavy atom. The molecule has 8 heteroatoms. The number of aryl methyl sites for hydroxylation is 3. The largest absolute Gasteiger partial charge is 0.394 e. The van der Waals surface area contributed by atoms with E-state index in [9.17, 15) is 4.39 Å². The predicted molar refractivity (Wildman–Crippen MR) is 107 cm³/mol. The Labute approximate surface area is 161 Å². The van der Waals surface area contributed by atoms with Gasteiger partial charge in [-0.05, 0) is 54.9 Å². The highest BCUT2D eigenvalue weighted by Crippen LogP contribution is 2.39. The van der Waals surface area contributed by atoms with Crippen LogP contribution < -0.4 is 10.6 Å². The van der Waals surface area contributed by atoms with Gasteiger partial charge < -0.3 is 10.6 Å². The average Bonchev–Trinajstić information content (AvgIpc) is 3.03. The first-order chi connectivity index (χ1) is 13.6. The van der Waals surface area contributed by atoms with Gasteiger partial charge in [0, 0.05) is 31.4 Å². The van der Waals surface area contributed by atoms with Crippen molar-refractivity contribution < 1.29 is 4.39 Å². The summed E-state index contributed by atoms with van der Waals surface area (Å²) in [7, 11) is 3.65. The molecule has 2 heterocycles. The number of fused-ring (bicyclic) bond motifs is 3. The molecule has 1 aliphatic rings. The molecule has 0 atom stereocenters. The van der Waals surface area contributed by atoms with Gasteiger partial charge in [0.2, 0.25) is 5.95 Å². The molecule has 0 radical (unpaired) electrons. The summed E-state index contributed by atoms with van der Waals surface area (Å²) in [6.45, 7) is 0. The van der Waals surface area contributed by atoms with Crippen molar-refractivity contribution in [2.45, 2.75) is 12.8 Å². The van der Waals surface area contributed by atoms with Crippen molar-refractivity contribution in [1.82, 2.24) is 25.1 Å². The van der Waals surface area contributed by atoms with Crippen LogP contribution >= 0.6 is 0 Å². The normalized spacial score (nSPS) is 12.5. The number of hydrogen-bond acceptors (Lipinski definition) is 5. The molecule has 142 valence electrons. The molecular formula is C20H20FN7. The molecule has 0 bridgehead atoms. The minimum Gasteiger partial charge on any atom is -0.394 e. The molecule has 0 fully saturated rings. The van der Waals surface area contributed by atoms with Gasteiger partial charge in [0.15, 0.2) is 0 Å².